The molecule has 3 nitrogen and oxygen atoms in total. The maximum Gasteiger partial charge on any atom is 0.264 e. The van der Waals surface area contributed by atoms with Gasteiger partial charge in [-0.2, -0.15) is 0 Å². The Bertz CT molecular complexity index is 750. The lowest BCUT2D eigenvalue weighted by Crippen LogP contribution is -2.27. The Morgan fingerprint density at radius 2 is 1.80 bits per heavy atom. The lowest BCUT2D eigenvalue weighted by Gasteiger charge is -2.20. The molecule has 0 aliphatic carbocycles. The Morgan fingerprint density at radius 1 is 1.10 bits per heavy atom. The van der Waals surface area contributed by atoms with Crippen LogP contribution in [-0.2, 0) is 10.0 Å². The van der Waals surface area contributed by atoms with E-state index in [0.29, 0.717) is 4.47 Å². The van der Waals surface area contributed by atoms with Crippen molar-refractivity contribution in [2.75, 3.05) is 11.4 Å². The zero-order valence-corrected chi connectivity index (χ0v) is 12.7. The van der Waals surface area contributed by atoms with E-state index < -0.39 is 21.7 Å². The average molecular weight is 362 g/mol. The van der Waals surface area contributed by atoms with E-state index in [2.05, 4.69) is 15.9 Å². The summed E-state index contributed by atoms with van der Waals surface area (Å²) in [6, 6.07) is 8.58. The fourth-order valence-electron chi connectivity index (χ4n) is 1.65. The number of benzene rings is 2. The van der Waals surface area contributed by atoms with Crippen LogP contribution in [0.1, 0.15) is 0 Å². The fraction of sp³-hybridized carbons (Fsp3) is 0.0769. The number of nitrogens with zero attached hydrogens (tertiary/aromatic N) is 1. The van der Waals surface area contributed by atoms with Crippen LogP contribution in [0, 0.1) is 11.6 Å². The largest absolute Gasteiger partial charge is 0.266 e. The predicted octanol–water partition coefficient (Wildman–Crippen LogP) is 3.55. The highest BCUT2D eigenvalue weighted by atomic mass is 79.9. The van der Waals surface area contributed by atoms with Crippen molar-refractivity contribution in [1.82, 2.24) is 0 Å². The van der Waals surface area contributed by atoms with Gasteiger partial charge in [0.2, 0.25) is 0 Å². The molecule has 0 heterocycles. The molecule has 20 heavy (non-hydrogen) atoms. The van der Waals surface area contributed by atoms with E-state index in [9.17, 15) is 17.2 Å². The first kappa shape index (κ1) is 14.9. The summed E-state index contributed by atoms with van der Waals surface area (Å²) in [5.74, 6) is -1.36. The zero-order chi connectivity index (χ0) is 14.9. The maximum atomic E-state index is 13.8. The first-order chi connectivity index (χ1) is 9.32. The van der Waals surface area contributed by atoms with Gasteiger partial charge in [0.1, 0.15) is 11.6 Å². The molecule has 0 radical (unpaired) electrons. The molecule has 0 unspecified atom stereocenters. The van der Waals surface area contributed by atoms with Gasteiger partial charge in [0, 0.05) is 11.5 Å². The van der Waals surface area contributed by atoms with Gasteiger partial charge in [-0.3, -0.25) is 4.31 Å². The Kier molecular flexibility index (Phi) is 4.10. The number of hydrogen-bond acceptors (Lipinski definition) is 2. The van der Waals surface area contributed by atoms with E-state index >= 15 is 0 Å². The molecule has 106 valence electrons. The Hall–Kier alpha value is -1.47. The third kappa shape index (κ3) is 2.83. The van der Waals surface area contributed by atoms with Gasteiger partial charge in [0.15, 0.2) is 0 Å². The molecule has 0 saturated carbocycles. The predicted molar refractivity (Wildman–Crippen MR) is 76.1 cm³/mol. The molecule has 0 atom stereocenters. The zero-order valence-electron chi connectivity index (χ0n) is 10.3. The van der Waals surface area contributed by atoms with Crippen molar-refractivity contribution in [3.05, 3.63) is 58.6 Å². The summed E-state index contributed by atoms with van der Waals surface area (Å²) < 4.78 is 52.8. The minimum atomic E-state index is -4.01. The van der Waals surface area contributed by atoms with Crippen LogP contribution in [0.4, 0.5) is 14.5 Å². The second kappa shape index (κ2) is 5.49. The van der Waals surface area contributed by atoms with Crippen LogP contribution in [0.2, 0.25) is 0 Å². The lowest BCUT2D eigenvalue weighted by molar-refractivity contribution is 0.585. The summed E-state index contributed by atoms with van der Waals surface area (Å²) in [5.41, 5.74) is -0.113. The topological polar surface area (TPSA) is 37.4 Å². The van der Waals surface area contributed by atoms with Gasteiger partial charge in [0.25, 0.3) is 10.0 Å². The van der Waals surface area contributed by atoms with Crippen LogP contribution in [0.15, 0.2) is 51.8 Å². The average Bonchev–Trinajstić information content (AvgIpc) is 2.38. The molecular formula is C13H10BrF2NO2S. The number of hydrogen-bond donors (Lipinski definition) is 0. The second-order valence-corrected chi connectivity index (χ2v) is 6.91. The summed E-state index contributed by atoms with van der Waals surface area (Å²) in [5, 5.41) is 0. The van der Waals surface area contributed by atoms with Gasteiger partial charge in [-0.15, -0.1) is 0 Å². The van der Waals surface area contributed by atoms with Crippen LogP contribution in [0.5, 0.6) is 0 Å². The summed E-state index contributed by atoms with van der Waals surface area (Å²) in [4.78, 5) is -0.234. The first-order valence-electron chi connectivity index (χ1n) is 5.52. The smallest absolute Gasteiger partial charge is 0.264 e. The van der Waals surface area contributed by atoms with E-state index in [1.54, 1.807) is 0 Å². The number of sulfonamides is 1. The first-order valence-corrected chi connectivity index (χ1v) is 7.75. The molecule has 0 aliphatic rings. The highest BCUT2D eigenvalue weighted by Gasteiger charge is 2.23. The Balaban J connectivity index is 2.49. The van der Waals surface area contributed by atoms with E-state index in [1.807, 2.05) is 0 Å². The number of anilines is 1. The van der Waals surface area contributed by atoms with Gasteiger partial charge in [0.05, 0.1) is 10.6 Å². The normalized spacial score (nSPS) is 11.4. The summed E-state index contributed by atoms with van der Waals surface area (Å²) in [7, 11) is -2.80. The molecule has 2 aromatic rings. The summed E-state index contributed by atoms with van der Waals surface area (Å²) >= 11 is 3.09. The summed E-state index contributed by atoms with van der Waals surface area (Å²) in [6.45, 7) is 0. The molecule has 0 fully saturated rings. The minimum Gasteiger partial charge on any atom is -0.266 e. The van der Waals surface area contributed by atoms with E-state index in [4.69, 9.17) is 0 Å². The van der Waals surface area contributed by atoms with E-state index in [-0.39, 0.29) is 10.6 Å². The third-order valence-electron chi connectivity index (χ3n) is 2.70. The molecule has 2 aromatic carbocycles. The maximum absolute atomic E-state index is 13.8. The van der Waals surface area contributed by atoms with Gasteiger partial charge in [-0.25, -0.2) is 17.2 Å². The number of rotatable bonds is 3. The minimum absolute atomic E-state index is 0.113. The lowest BCUT2D eigenvalue weighted by atomic mass is 10.3. The quantitative estimate of drug-likeness (QED) is 0.838. The molecule has 0 spiro atoms. The molecule has 0 amide bonds. The highest BCUT2D eigenvalue weighted by molar-refractivity contribution is 9.10. The van der Waals surface area contributed by atoms with E-state index in [0.717, 1.165) is 22.5 Å². The van der Waals surface area contributed by atoms with Crippen LogP contribution >= 0.6 is 15.9 Å². The van der Waals surface area contributed by atoms with Gasteiger partial charge in [-0.05, 0) is 36.4 Å². The Labute approximate surface area is 124 Å². The van der Waals surface area contributed by atoms with Crippen molar-refractivity contribution < 1.29 is 17.2 Å². The molecule has 0 N–H and O–H groups in total. The summed E-state index contributed by atoms with van der Waals surface area (Å²) in [6.07, 6.45) is 0. The monoisotopic (exact) mass is 361 g/mol. The standard InChI is InChI=1S/C13H10BrF2NO2S/c1-17(13-6-5-9(14)7-12(13)16)20(18,19)11-4-2-3-10(15)8-11/h2-8H,1H3. The molecule has 2 rings (SSSR count). The van der Waals surface area contributed by atoms with Crippen molar-refractivity contribution in [3.8, 4) is 0 Å². The second-order valence-electron chi connectivity index (χ2n) is 4.03. The molecular weight excluding hydrogens is 352 g/mol. The van der Waals surface area contributed by atoms with Crippen molar-refractivity contribution >= 4 is 31.6 Å². The van der Waals surface area contributed by atoms with Crippen LogP contribution in [0.3, 0.4) is 0 Å². The van der Waals surface area contributed by atoms with Crippen LogP contribution in [0.25, 0.3) is 0 Å². The van der Waals surface area contributed by atoms with Crippen molar-refractivity contribution in [2.24, 2.45) is 0 Å². The highest BCUT2D eigenvalue weighted by Crippen LogP contribution is 2.27. The van der Waals surface area contributed by atoms with Gasteiger partial charge >= 0.3 is 0 Å². The third-order valence-corrected chi connectivity index (χ3v) is 4.96. The molecule has 7 heteroatoms. The van der Waals surface area contributed by atoms with Crippen molar-refractivity contribution in [3.63, 3.8) is 0 Å². The molecule has 0 saturated heterocycles. The SMILES string of the molecule is CN(c1ccc(Br)cc1F)S(=O)(=O)c1cccc(F)c1. The van der Waals surface area contributed by atoms with Crippen molar-refractivity contribution in [1.29, 1.82) is 0 Å². The number of halogens is 3. The van der Waals surface area contributed by atoms with E-state index in [1.165, 1.54) is 31.3 Å². The molecule has 0 aliphatic heterocycles. The van der Waals surface area contributed by atoms with Gasteiger partial charge < -0.3 is 0 Å². The van der Waals surface area contributed by atoms with Crippen LogP contribution in [-0.4, -0.2) is 15.5 Å². The van der Waals surface area contributed by atoms with Crippen LogP contribution < -0.4 is 4.31 Å². The van der Waals surface area contributed by atoms with Gasteiger partial charge in [-0.1, -0.05) is 22.0 Å². The fourth-order valence-corrected chi connectivity index (χ4v) is 3.22. The van der Waals surface area contributed by atoms with Crippen molar-refractivity contribution in [2.45, 2.75) is 4.90 Å². The Morgan fingerprint density at radius 3 is 2.40 bits per heavy atom. The molecule has 0 aromatic heterocycles. The molecule has 0 bridgehead atoms.